The maximum absolute atomic E-state index is 11.1. The Morgan fingerprint density at radius 1 is 0.857 bits per heavy atom. The van der Waals surface area contributed by atoms with Gasteiger partial charge in [0.1, 0.15) is 5.69 Å². The summed E-state index contributed by atoms with van der Waals surface area (Å²) in [7, 11) is 0. The van der Waals surface area contributed by atoms with Gasteiger partial charge in [-0.05, 0) is 37.6 Å². The van der Waals surface area contributed by atoms with E-state index in [9.17, 15) is 4.79 Å². The molecule has 0 aliphatic heterocycles. The molecule has 35 heavy (non-hydrogen) atoms. The number of aromatic nitrogens is 1. The van der Waals surface area contributed by atoms with E-state index in [1.54, 1.807) is 0 Å². The van der Waals surface area contributed by atoms with Crippen molar-refractivity contribution in [1.82, 2.24) is 4.98 Å². The number of anilines is 1. The number of hydrogen-bond acceptors (Lipinski definition) is 5. The van der Waals surface area contributed by atoms with Crippen LogP contribution in [0.1, 0.15) is 109 Å². The molecule has 1 heterocycles. The van der Waals surface area contributed by atoms with E-state index < -0.39 is 5.97 Å². The zero-order valence-corrected chi connectivity index (χ0v) is 21.9. The van der Waals surface area contributed by atoms with Gasteiger partial charge in [-0.1, -0.05) is 90.4 Å². The standard InChI is InChI=1S/C29H46N2O4/c1-3-5-6-7-8-9-10-11-12-13-14-15-16-17-22-30-25-20-18-24(19-21-25)28-31-26(23-27(32)33)29(35-28)34-4-2/h18-21,30H,3-17,22-23H2,1-2H3,(H,32,33). The summed E-state index contributed by atoms with van der Waals surface area (Å²) in [5.41, 5.74) is 2.17. The summed E-state index contributed by atoms with van der Waals surface area (Å²) in [4.78, 5) is 15.4. The minimum absolute atomic E-state index is 0.185. The van der Waals surface area contributed by atoms with Gasteiger partial charge in [-0.25, -0.2) is 4.98 Å². The van der Waals surface area contributed by atoms with Crippen LogP contribution in [0.2, 0.25) is 0 Å². The topological polar surface area (TPSA) is 84.6 Å². The highest BCUT2D eigenvalue weighted by atomic mass is 16.6. The Kier molecular flexibility index (Phi) is 14.7. The molecular weight excluding hydrogens is 440 g/mol. The molecule has 0 unspecified atom stereocenters. The molecule has 0 aliphatic rings. The van der Waals surface area contributed by atoms with Crippen LogP contribution in [0.15, 0.2) is 28.7 Å². The summed E-state index contributed by atoms with van der Waals surface area (Å²) < 4.78 is 11.1. The Hall–Kier alpha value is -2.50. The molecule has 0 saturated heterocycles. The molecule has 0 spiro atoms. The number of nitrogens with one attached hydrogen (secondary N) is 1. The first-order chi connectivity index (χ1) is 17.1. The number of unbranched alkanes of at least 4 members (excludes halogenated alkanes) is 13. The lowest BCUT2D eigenvalue weighted by atomic mass is 10.0. The Morgan fingerprint density at radius 3 is 1.91 bits per heavy atom. The summed E-state index contributed by atoms with van der Waals surface area (Å²) in [6, 6.07) is 7.86. The molecule has 2 N–H and O–H groups in total. The molecule has 0 radical (unpaired) electrons. The second kappa shape index (κ2) is 17.9. The van der Waals surface area contributed by atoms with Crippen LogP contribution in [0, 0.1) is 0 Å². The molecule has 196 valence electrons. The van der Waals surface area contributed by atoms with Gasteiger partial charge >= 0.3 is 11.9 Å². The zero-order chi connectivity index (χ0) is 25.1. The smallest absolute Gasteiger partial charge is 0.309 e. The summed E-state index contributed by atoms with van der Waals surface area (Å²) in [6.45, 7) is 5.46. The molecule has 2 rings (SSSR count). The number of hydrogen-bond donors (Lipinski definition) is 2. The summed E-state index contributed by atoms with van der Waals surface area (Å²) in [5.74, 6) is -0.401. The van der Waals surface area contributed by atoms with Gasteiger partial charge in [0.05, 0.1) is 13.0 Å². The van der Waals surface area contributed by atoms with E-state index in [4.69, 9.17) is 14.3 Å². The number of carbonyl (C=O) groups is 1. The van der Waals surface area contributed by atoms with Crippen molar-refractivity contribution in [3.8, 4) is 17.4 Å². The van der Waals surface area contributed by atoms with Gasteiger partial charge < -0.3 is 19.6 Å². The molecule has 6 nitrogen and oxygen atoms in total. The quantitative estimate of drug-likeness (QED) is 0.173. The van der Waals surface area contributed by atoms with Gasteiger partial charge in [0.2, 0.25) is 5.89 Å². The highest BCUT2D eigenvalue weighted by Gasteiger charge is 2.18. The number of carboxylic acid groups (broad SMARTS) is 1. The number of carboxylic acids is 1. The number of benzene rings is 1. The number of oxazole rings is 1. The highest BCUT2D eigenvalue weighted by Crippen LogP contribution is 2.28. The van der Waals surface area contributed by atoms with Crippen molar-refractivity contribution >= 4 is 11.7 Å². The van der Waals surface area contributed by atoms with E-state index in [1.165, 1.54) is 89.9 Å². The van der Waals surface area contributed by atoms with Crippen molar-refractivity contribution in [2.45, 2.75) is 110 Å². The molecule has 0 saturated carbocycles. The first-order valence-corrected chi connectivity index (χ1v) is 13.8. The van der Waals surface area contributed by atoms with Crippen LogP contribution in [0.3, 0.4) is 0 Å². The first kappa shape index (κ1) is 28.7. The van der Waals surface area contributed by atoms with Gasteiger partial charge in [-0.2, -0.15) is 0 Å². The maximum atomic E-state index is 11.1. The van der Waals surface area contributed by atoms with Gasteiger partial charge in [0, 0.05) is 17.8 Å². The fourth-order valence-corrected chi connectivity index (χ4v) is 4.24. The van der Waals surface area contributed by atoms with Gasteiger partial charge in [0.25, 0.3) is 0 Å². The summed E-state index contributed by atoms with van der Waals surface area (Å²) in [6.07, 6.45) is 18.9. The van der Waals surface area contributed by atoms with Crippen molar-refractivity contribution in [3.05, 3.63) is 30.0 Å². The fraction of sp³-hybridized carbons (Fsp3) is 0.655. The van der Waals surface area contributed by atoms with Crippen LogP contribution in [-0.4, -0.2) is 29.2 Å². The van der Waals surface area contributed by atoms with E-state index in [1.807, 2.05) is 31.2 Å². The van der Waals surface area contributed by atoms with Gasteiger partial charge in [0.15, 0.2) is 0 Å². The van der Waals surface area contributed by atoms with E-state index in [2.05, 4.69) is 17.2 Å². The number of rotatable bonds is 21. The molecule has 6 heteroatoms. The second-order valence-corrected chi connectivity index (χ2v) is 9.36. The van der Waals surface area contributed by atoms with Crippen molar-refractivity contribution in [3.63, 3.8) is 0 Å². The molecule has 2 aromatic rings. The minimum Gasteiger partial charge on any atom is -0.481 e. The number of aliphatic carboxylic acids is 1. The lowest BCUT2D eigenvalue weighted by Crippen LogP contribution is -2.03. The van der Waals surface area contributed by atoms with Crippen molar-refractivity contribution < 1.29 is 19.1 Å². The third kappa shape index (κ3) is 12.1. The van der Waals surface area contributed by atoms with E-state index >= 15 is 0 Å². The monoisotopic (exact) mass is 486 g/mol. The Balaban J connectivity index is 1.55. The van der Waals surface area contributed by atoms with Gasteiger partial charge in [-0.15, -0.1) is 0 Å². The molecule has 1 aromatic heterocycles. The average molecular weight is 487 g/mol. The number of ether oxygens (including phenoxy) is 1. The van der Waals surface area contributed by atoms with Crippen molar-refractivity contribution in [1.29, 1.82) is 0 Å². The Morgan fingerprint density at radius 2 is 1.40 bits per heavy atom. The molecule has 0 bridgehead atoms. The zero-order valence-electron chi connectivity index (χ0n) is 21.9. The van der Waals surface area contributed by atoms with E-state index in [0.29, 0.717) is 18.2 Å². The Bertz CT molecular complexity index is 817. The molecule has 0 atom stereocenters. The van der Waals surface area contributed by atoms with Crippen LogP contribution in [0.25, 0.3) is 11.5 Å². The normalized spacial score (nSPS) is 11.0. The highest BCUT2D eigenvalue weighted by molar-refractivity contribution is 5.70. The average Bonchev–Trinajstić information content (AvgIpc) is 3.23. The number of nitrogens with zero attached hydrogens (tertiary/aromatic N) is 1. The van der Waals surface area contributed by atoms with E-state index in [-0.39, 0.29) is 12.4 Å². The minimum atomic E-state index is -0.964. The Labute approximate surface area is 211 Å². The van der Waals surface area contributed by atoms with Crippen LogP contribution in [0.4, 0.5) is 5.69 Å². The van der Waals surface area contributed by atoms with Crippen LogP contribution >= 0.6 is 0 Å². The van der Waals surface area contributed by atoms with E-state index in [0.717, 1.165) is 17.8 Å². The third-order valence-electron chi connectivity index (χ3n) is 6.25. The summed E-state index contributed by atoms with van der Waals surface area (Å²) in [5, 5.41) is 12.5. The molecule has 0 amide bonds. The third-order valence-corrected chi connectivity index (χ3v) is 6.25. The lowest BCUT2D eigenvalue weighted by Gasteiger charge is -2.07. The first-order valence-electron chi connectivity index (χ1n) is 13.8. The SMILES string of the molecule is CCCCCCCCCCCCCCCCNc1ccc(-c2nc(CC(=O)O)c(OCC)o2)cc1. The predicted octanol–water partition coefficient (Wildman–Crippen LogP) is 8.26. The predicted molar refractivity (Wildman–Crippen MR) is 143 cm³/mol. The lowest BCUT2D eigenvalue weighted by molar-refractivity contribution is -0.136. The molecular formula is C29H46N2O4. The molecule has 0 aliphatic carbocycles. The molecule has 0 fully saturated rings. The largest absolute Gasteiger partial charge is 0.481 e. The fourth-order valence-electron chi connectivity index (χ4n) is 4.24. The van der Waals surface area contributed by atoms with Gasteiger partial charge in [-0.3, -0.25) is 4.79 Å². The van der Waals surface area contributed by atoms with Crippen molar-refractivity contribution in [2.75, 3.05) is 18.5 Å². The second-order valence-electron chi connectivity index (χ2n) is 9.36. The van der Waals surface area contributed by atoms with Crippen LogP contribution < -0.4 is 10.1 Å². The maximum Gasteiger partial charge on any atom is 0.309 e. The van der Waals surface area contributed by atoms with Crippen LogP contribution in [0.5, 0.6) is 5.95 Å². The summed E-state index contributed by atoms with van der Waals surface area (Å²) >= 11 is 0. The van der Waals surface area contributed by atoms with Crippen molar-refractivity contribution in [2.24, 2.45) is 0 Å². The molecule has 1 aromatic carbocycles. The van der Waals surface area contributed by atoms with Crippen LogP contribution in [-0.2, 0) is 11.2 Å².